The Bertz CT molecular complexity index is 177. The predicted octanol–water partition coefficient (Wildman–Crippen LogP) is 0.267. The van der Waals surface area contributed by atoms with Crippen LogP contribution in [0.2, 0.25) is 0 Å². The molecule has 0 spiro atoms. The van der Waals surface area contributed by atoms with Gasteiger partial charge in [-0.1, -0.05) is 0 Å². The Morgan fingerprint density at radius 3 is 2.27 bits per heavy atom. The average Bonchev–Trinajstić information content (AvgIpc) is 1.99. The molecule has 1 rings (SSSR count). The third-order valence-corrected chi connectivity index (χ3v) is 1.75. The van der Waals surface area contributed by atoms with Crippen LogP contribution in [0.4, 0.5) is 0 Å². The van der Waals surface area contributed by atoms with Gasteiger partial charge < -0.3 is 5.11 Å². The standard InChI is InChI=1S/C7H13NO3/c1-6(2)4-7(3,10)11-8(6)5-9/h5,10H,4H2,1-3H3/t7-/m0/s1. The molecule has 0 aromatic carbocycles. The van der Waals surface area contributed by atoms with Crippen LogP contribution in [-0.2, 0) is 9.63 Å². The Morgan fingerprint density at radius 2 is 2.09 bits per heavy atom. The SMILES string of the molecule is CC1(C)C[C@@](C)(O)ON1C=O. The number of hydrogen-bond donors (Lipinski definition) is 1. The molecule has 0 aromatic rings. The Labute approximate surface area is 65.7 Å². The number of carbonyl (C=O) groups excluding carboxylic acids is 1. The Hall–Kier alpha value is -0.610. The zero-order valence-electron chi connectivity index (χ0n) is 7.00. The van der Waals surface area contributed by atoms with Gasteiger partial charge in [-0.15, -0.1) is 0 Å². The number of hydrogen-bond acceptors (Lipinski definition) is 3. The summed E-state index contributed by atoms with van der Waals surface area (Å²) in [5.41, 5.74) is -0.411. The van der Waals surface area contributed by atoms with Gasteiger partial charge in [0.2, 0.25) is 6.41 Å². The smallest absolute Gasteiger partial charge is 0.233 e. The molecule has 0 aromatic heterocycles. The molecule has 0 aliphatic carbocycles. The van der Waals surface area contributed by atoms with E-state index >= 15 is 0 Å². The number of carbonyl (C=O) groups is 1. The lowest BCUT2D eigenvalue weighted by Crippen LogP contribution is -2.35. The van der Waals surface area contributed by atoms with E-state index in [9.17, 15) is 9.90 Å². The van der Waals surface area contributed by atoms with E-state index in [0.717, 1.165) is 5.06 Å². The molecule has 11 heavy (non-hydrogen) atoms. The minimum absolute atomic E-state index is 0.411. The fraction of sp³-hybridized carbons (Fsp3) is 0.857. The largest absolute Gasteiger partial charge is 0.364 e. The van der Waals surface area contributed by atoms with E-state index in [1.807, 2.05) is 13.8 Å². The van der Waals surface area contributed by atoms with Crippen LogP contribution in [0.25, 0.3) is 0 Å². The van der Waals surface area contributed by atoms with Crippen molar-refractivity contribution in [1.29, 1.82) is 0 Å². The summed E-state index contributed by atoms with van der Waals surface area (Å²) < 4.78 is 0. The van der Waals surface area contributed by atoms with Gasteiger partial charge in [0.25, 0.3) is 0 Å². The van der Waals surface area contributed by atoms with Gasteiger partial charge in [-0.05, 0) is 20.8 Å². The highest BCUT2D eigenvalue weighted by Crippen LogP contribution is 2.34. The summed E-state index contributed by atoms with van der Waals surface area (Å²) in [6, 6.07) is 0. The molecular formula is C7H13NO3. The lowest BCUT2D eigenvalue weighted by atomic mass is 9.97. The maximum Gasteiger partial charge on any atom is 0.233 e. The van der Waals surface area contributed by atoms with Gasteiger partial charge >= 0.3 is 0 Å². The normalized spacial score (nSPS) is 35.8. The molecule has 1 atom stereocenters. The van der Waals surface area contributed by atoms with Crippen molar-refractivity contribution >= 4 is 6.41 Å². The lowest BCUT2D eigenvalue weighted by molar-refractivity contribution is -0.266. The Kier molecular flexibility index (Phi) is 1.69. The summed E-state index contributed by atoms with van der Waals surface area (Å²) in [7, 11) is 0. The van der Waals surface area contributed by atoms with E-state index in [2.05, 4.69) is 0 Å². The lowest BCUT2D eigenvalue weighted by Gasteiger charge is -2.23. The molecule has 1 saturated heterocycles. The maximum atomic E-state index is 10.4. The zero-order valence-corrected chi connectivity index (χ0v) is 7.00. The van der Waals surface area contributed by atoms with Gasteiger partial charge in [0.1, 0.15) is 0 Å². The van der Waals surface area contributed by atoms with Crippen molar-refractivity contribution in [2.45, 2.75) is 38.5 Å². The van der Waals surface area contributed by atoms with E-state index in [1.165, 1.54) is 6.92 Å². The number of nitrogens with zero attached hydrogens (tertiary/aromatic N) is 1. The zero-order chi connectivity index (χ0) is 8.70. The van der Waals surface area contributed by atoms with Gasteiger partial charge in [0.15, 0.2) is 5.79 Å². The number of rotatable bonds is 1. The summed E-state index contributed by atoms with van der Waals surface area (Å²) in [6.07, 6.45) is 1.01. The third kappa shape index (κ3) is 1.52. The average molecular weight is 159 g/mol. The molecule has 64 valence electrons. The molecule has 1 aliphatic rings. The van der Waals surface area contributed by atoms with Crippen LogP contribution in [-0.4, -0.2) is 27.9 Å². The van der Waals surface area contributed by atoms with Gasteiger partial charge in [-0.25, -0.2) is 9.90 Å². The fourth-order valence-electron chi connectivity index (χ4n) is 1.41. The number of aliphatic hydroxyl groups is 1. The molecule has 0 unspecified atom stereocenters. The highest BCUT2D eigenvalue weighted by Gasteiger charge is 2.45. The predicted molar refractivity (Wildman–Crippen MR) is 38.3 cm³/mol. The van der Waals surface area contributed by atoms with Gasteiger partial charge in [0.05, 0.1) is 5.54 Å². The first-order valence-corrected chi connectivity index (χ1v) is 3.53. The highest BCUT2D eigenvalue weighted by atomic mass is 16.8. The van der Waals surface area contributed by atoms with Crippen molar-refractivity contribution in [2.24, 2.45) is 0 Å². The van der Waals surface area contributed by atoms with E-state index < -0.39 is 11.3 Å². The van der Waals surface area contributed by atoms with Crippen molar-refractivity contribution < 1.29 is 14.7 Å². The quantitative estimate of drug-likeness (QED) is 0.558. The molecule has 1 fully saturated rings. The maximum absolute atomic E-state index is 10.4. The van der Waals surface area contributed by atoms with E-state index in [1.54, 1.807) is 0 Å². The fourth-order valence-corrected chi connectivity index (χ4v) is 1.41. The van der Waals surface area contributed by atoms with Crippen LogP contribution in [0, 0.1) is 0 Å². The first-order valence-electron chi connectivity index (χ1n) is 3.53. The van der Waals surface area contributed by atoms with Crippen LogP contribution in [0.15, 0.2) is 0 Å². The highest BCUT2D eigenvalue weighted by molar-refractivity contribution is 5.47. The van der Waals surface area contributed by atoms with E-state index in [0.29, 0.717) is 12.8 Å². The van der Waals surface area contributed by atoms with E-state index in [4.69, 9.17) is 4.84 Å². The van der Waals surface area contributed by atoms with Gasteiger partial charge in [0, 0.05) is 6.42 Å². The first kappa shape index (κ1) is 8.49. The Morgan fingerprint density at radius 1 is 1.55 bits per heavy atom. The second kappa shape index (κ2) is 2.19. The van der Waals surface area contributed by atoms with Crippen molar-refractivity contribution in [3.05, 3.63) is 0 Å². The van der Waals surface area contributed by atoms with Crippen molar-refractivity contribution in [1.82, 2.24) is 5.06 Å². The van der Waals surface area contributed by atoms with Crippen molar-refractivity contribution in [3.8, 4) is 0 Å². The molecule has 0 saturated carbocycles. The third-order valence-electron chi connectivity index (χ3n) is 1.75. The summed E-state index contributed by atoms with van der Waals surface area (Å²) in [5, 5.41) is 10.6. The number of amides is 1. The molecule has 1 amide bonds. The van der Waals surface area contributed by atoms with Crippen molar-refractivity contribution in [3.63, 3.8) is 0 Å². The van der Waals surface area contributed by atoms with Crippen LogP contribution in [0.1, 0.15) is 27.2 Å². The Balaban J connectivity index is 2.79. The minimum Gasteiger partial charge on any atom is -0.364 e. The molecule has 1 N–H and O–H groups in total. The van der Waals surface area contributed by atoms with Crippen molar-refractivity contribution in [2.75, 3.05) is 0 Å². The van der Waals surface area contributed by atoms with Crippen LogP contribution in [0.3, 0.4) is 0 Å². The molecule has 0 bridgehead atoms. The molecule has 4 nitrogen and oxygen atoms in total. The van der Waals surface area contributed by atoms with Crippen LogP contribution in [0.5, 0.6) is 0 Å². The number of hydroxylamine groups is 2. The van der Waals surface area contributed by atoms with Gasteiger partial charge in [-0.2, -0.15) is 0 Å². The van der Waals surface area contributed by atoms with E-state index in [-0.39, 0.29) is 0 Å². The minimum atomic E-state index is -1.20. The van der Waals surface area contributed by atoms with Crippen LogP contribution >= 0.6 is 0 Å². The molecule has 4 heteroatoms. The topological polar surface area (TPSA) is 49.8 Å². The first-order chi connectivity index (χ1) is 4.87. The van der Waals surface area contributed by atoms with Crippen LogP contribution < -0.4 is 0 Å². The molecule has 0 radical (unpaired) electrons. The van der Waals surface area contributed by atoms with Gasteiger partial charge in [-0.3, -0.25) is 4.79 Å². The summed E-state index contributed by atoms with van der Waals surface area (Å²) in [5.74, 6) is -1.20. The summed E-state index contributed by atoms with van der Waals surface area (Å²) in [6.45, 7) is 5.21. The second-order valence-electron chi connectivity index (χ2n) is 3.69. The molecular weight excluding hydrogens is 146 g/mol. The summed E-state index contributed by atoms with van der Waals surface area (Å²) in [4.78, 5) is 15.3. The monoisotopic (exact) mass is 159 g/mol. The molecule has 1 heterocycles. The molecule has 1 aliphatic heterocycles. The summed E-state index contributed by atoms with van der Waals surface area (Å²) >= 11 is 0. The second-order valence-corrected chi connectivity index (χ2v) is 3.69.